The number of carbonyl (C=O) groups is 5. The van der Waals surface area contributed by atoms with E-state index < -0.39 is 41.4 Å². The van der Waals surface area contributed by atoms with Gasteiger partial charge < -0.3 is 25.7 Å². The molecule has 2 saturated heterocycles. The Bertz CT molecular complexity index is 904. The molecule has 12 heteroatoms. The summed E-state index contributed by atoms with van der Waals surface area (Å²) in [5.41, 5.74) is 0.144. The molecule has 0 aliphatic carbocycles. The molecule has 2 aliphatic rings. The molecule has 2 aliphatic heterocycles. The molecule has 0 saturated carbocycles. The molecule has 5 amide bonds. The van der Waals surface area contributed by atoms with Crippen LogP contribution in [0.5, 0.6) is 0 Å². The van der Waals surface area contributed by atoms with Crippen molar-refractivity contribution in [3.63, 3.8) is 0 Å². The number of likely N-dealkylation sites (tertiary alicyclic amines) is 1. The summed E-state index contributed by atoms with van der Waals surface area (Å²) in [5, 5.41) is 22.4. The monoisotopic (exact) mass is 449 g/mol. The van der Waals surface area contributed by atoms with Crippen LogP contribution in [0.25, 0.3) is 0 Å². The highest BCUT2D eigenvalue weighted by atomic mass is 16.3. The number of aromatic nitrogens is 1. The van der Waals surface area contributed by atoms with Gasteiger partial charge in [-0.2, -0.15) is 0 Å². The second kappa shape index (κ2) is 10.2. The van der Waals surface area contributed by atoms with Crippen LogP contribution < -0.4 is 10.6 Å². The van der Waals surface area contributed by atoms with Gasteiger partial charge in [0.15, 0.2) is 0 Å². The van der Waals surface area contributed by atoms with E-state index in [-0.39, 0.29) is 32.5 Å². The van der Waals surface area contributed by atoms with Gasteiger partial charge in [0.2, 0.25) is 5.91 Å². The van der Waals surface area contributed by atoms with Crippen LogP contribution in [-0.2, 0) is 14.4 Å². The smallest absolute Gasteiger partial charge is 0.325 e. The van der Waals surface area contributed by atoms with Gasteiger partial charge in [0.25, 0.3) is 18.3 Å². The standard InChI is InChI=1S/C19H25N5O5.CH2O2/c1-11-6-12(8-20-7-11)16(27)21-13-9-23(5-4-14(13)25)15(26)10-24-17(28)19(2,3)22-18(24)29;2-1-3/h6-8,13-14,25H,4-5,9-10H2,1-3H3,(H,21,27)(H,22,29);1H,(H,2,3)/t13-,14+;/m1./s1. The van der Waals surface area contributed by atoms with Gasteiger partial charge in [-0.15, -0.1) is 0 Å². The van der Waals surface area contributed by atoms with E-state index >= 15 is 0 Å². The minimum Gasteiger partial charge on any atom is -0.483 e. The molecule has 3 heterocycles. The van der Waals surface area contributed by atoms with Crippen molar-refractivity contribution in [2.75, 3.05) is 19.6 Å². The van der Waals surface area contributed by atoms with Crippen LogP contribution in [0.1, 0.15) is 36.2 Å². The number of carbonyl (C=O) groups excluding carboxylic acids is 4. The van der Waals surface area contributed by atoms with Crippen molar-refractivity contribution in [1.82, 2.24) is 25.4 Å². The van der Waals surface area contributed by atoms with E-state index in [1.807, 2.05) is 6.92 Å². The Kier molecular flexibility index (Phi) is 7.87. The van der Waals surface area contributed by atoms with Crippen LogP contribution in [0.3, 0.4) is 0 Å². The lowest BCUT2D eigenvalue weighted by Crippen LogP contribution is -2.57. The van der Waals surface area contributed by atoms with E-state index in [1.165, 1.54) is 11.1 Å². The first-order chi connectivity index (χ1) is 15.0. The Morgan fingerprint density at radius 3 is 2.56 bits per heavy atom. The number of hydrogen-bond acceptors (Lipinski definition) is 7. The molecule has 0 bridgehead atoms. The normalized spacial score (nSPS) is 21.9. The molecule has 174 valence electrons. The second-order valence-corrected chi connectivity index (χ2v) is 8.08. The summed E-state index contributed by atoms with van der Waals surface area (Å²) in [6.07, 6.45) is 2.52. The Morgan fingerprint density at radius 2 is 2.00 bits per heavy atom. The maximum atomic E-state index is 12.7. The number of urea groups is 1. The van der Waals surface area contributed by atoms with Crippen molar-refractivity contribution < 1.29 is 34.2 Å². The Balaban J connectivity index is 0.00000114. The summed E-state index contributed by atoms with van der Waals surface area (Å²) < 4.78 is 0. The van der Waals surface area contributed by atoms with Gasteiger partial charge in [-0.3, -0.25) is 29.1 Å². The first-order valence-electron chi connectivity index (χ1n) is 9.90. The number of aryl methyl sites for hydroxylation is 1. The predicted octanol–water partition coefficient (Wildman–Crippen LogP) is -0.887. The van der Waals surface area contributed by atoms with Gasteiger partial charge in [0.1, 0.15) is 12.1 Å². The maximum absolute atomic E-state index is 12.7. The summed E-state index contributed by atoms with van der Waals surface area (Å²) in [4.78, 5) is 64.0. The number of hydrogen-bond donors (Lipinski definition) is 4. The number of carboxylic acid groups (broad SMARTS) is 1. The predicted molar refractivity (Wildman–Crippen MR) is 110 cm³/mol. The van der Waals surface area contributed by atoms with Gasteiger partial charge in [-0.1, -0.05) is 0 Å². The zero-order valence-corrected chi connectivity index (χ0v) is 18.1. The van der Waals surface area contributed by atoms with Crippen molar-refractivity contribution in [3.05, 3.63) is 29.6 Å². The number of nitrogens with one attached hydrogen (secondary N) is 2. The highest BCUT2D eigenvalue weighted by Crippen LogP contribution is 2.18. The average Bonchev–Trinajstić information content (AvgIpc) is 2.91. The van der Waals surface area contributed by atoms with Gasteiger partial charge in [-0.25, -0.2) is 4.79 Å². The minimum absolute atomic E-state index is 0.0814. The number of aliphatic hydroxyl groups is 1. The van der Waals surface area contributed by atoms with Crippen molar-refractivity contribution in [2.24, 2.45) is 0 Å². The first kappa shape index (κ1) is 24.7. The van der Waals surface area contributed by atoms with Crippen LogP contribution in [0.4, 0.5) is 4.79 Å². The molecule has 0 radical (unpaired) electrons. The molecule has 1 aromatic rings. The molecule has 1 aromatic heterocycles. The third-order valence-corrected chi connectivity index (χ3v) is 5.12. The van der Waals surface area contributed by atoms with E-state index in [0.29, 0.717) is 5.56 Å². The van der Waals surface area contributed by atoms with E-state index in [9.17, 15) is 24.3 Å². The molecule has 0 spiro atoms. The van der Waals surface area contributed by atoms with E-state index in [0.717, 1.165) is 10.5 Å². The zero-order chi connectivity index (χ0) is 24.1. The summed E-state index contributed by atoms with van der Waals surface area (Å²) in [5.74, 6) is -1.28. The summed E-state index contributed by atoms with van der Waals surface area (Å²) in [6.45, 7) is 4.67. The third kappa shape index (κ3) is 5.78. The first-order valence-corrected chi connectivity index (χ1v) is 9.90. The van der Waals surface area contributed by atoms with Crippen molar-refractivity contribution >= 4 is 30.2 Å². The van der Waals surface area contributed by atoms with Gasteiger partial charge in [0.05, 0.1) is 17.7 Å². The molecular formula is C20H27N5O7. The van der Waals surface area contributed by atoms with Gasteiger partial charge in [0, 0.05) is 25.5 Å². The quantitative estimate of drug-likeness (QED) is 0.339. The molecule has 2 fully saturated rings. The number of rotatable bonds is 4. The summed E-state index contributed by atoms with van der Waals surface area (Å²) in [7, 11) is 0. The lowest BCUT2D eigenvalue weighted by atomic mass is 10.0. The van der Waals surface area contributed by atoms with Gasteiger partial charge >= 0.3 is 6.03 Å². The maximum Gasteiger partial charge on any atom is 0.325 e. The fraction of sp³-hybridized carbons (Fsp3) is 0.500. The lowest BCUT2D eigenvalue weighted by molar-refractivity contribution is -0.140. The molecule has 0 aromatic carbocycles. The van der Waals surface area contributed by atoms with Crippen LogP contribution in [0.15, 0.2) is 18.5 Å². The van der Waals surface area contributed by atoms with Crippen molar-refractivity contribution in [1.29, 1.82) is 0 Å². The Morgan fingerprint density at radius 1 is 1.34 bits per heavy atom. The molecular weight excluding hydrogens is 422 g/mol. The summed E-state index contributed by atoms with van der Waals surface area (Å²) in [6, 6.07) is 0.405. The van der Waals surface area contributed by atoms with Crippen LogP contribution in [-0.4, -0.2) is 92.5 Å². The third-order valence-electron chi connectivity index (χ3n) is 5.12. The molecule has 2 atom stereocenters. The van der Waals surface area contributed by atoms with Crippen LogP contribution in [0.2, 0.25) is 0 Å². The van der Waals surface area contributed by atoms with E-state index in [4.69, 9.17) is 9.90 Å². The molecule has 0 unspecified atom stereocenters. The minimum atomic E-state index is -1.05. The number of amides is 5. The Hall–Kier alpha value is -3.54. The van der Waals surface area contributed by atoms with E-state index in [2.05, 4.69) is 15.6 Å². The van der Waals surface area contributed by atoms with Crippen LogP contribution >= 0.6 is 0 Å². The SMILES string of the molecule is Cc1cncc(C(=O)N[C@@H]2CN(C(=O)CN3C(=O)NC(C)(C)C3=O)CC[C@@H]2O)c1.O=CO. The fourth-order valence-electron chi connectivity index (χ4n) is 3.44. The number of piperidine rings is 1. The Labute approximate surface area is 184 Å². The lowest BCUT2D eigenvalue weighted by Gasteiger charge is -2.37. The molecule has 4 N–H and O–H groups in total. The molecule has 12 nitrogen and oxygen atoms in total. The highest BCUT2D eigenvalue weighted by molar-refractivity contribution is 6.08. The number of imide groups is 1. The summed E-state index contributed by atoms with van der Waals surface area (Å²) >= 11 is 0. The number of pyridine rings is 1. The zero-order valence-electron chi connectivity index (χ0n) is 18.1. The second-order valence-electron chi connectivity index (χ2n) is 8.08. The van der Waals surface area contributed by atoms with Crippen LogP contribution in [0, 0.1) is 6.92 Å². The average molecular weight is 449 g/mol. The number of aliphatic hydroxyl groups excluding tert-OH is 1. The fourth-order valence-corrected chi connectivity index (χ4v) is 3.44. The van der Waals surface area contributed by atoms with Gasteiger partial charge in [-0.05, 0) is 38.8 Å². The largest absolute Gasteiger partial charge is 0.483 e. The molecule has 32 heavy (non-hydrogen) atoms. The highest BCUT2D eigenvalue weighted by Gasteiger charge is 2.45. The molecule has 3 rings (SSSR count). The van der Waals surface area contributed by atoms with Crippen molar-refractivity contribution in [3.8, 4) is 0 Å². The van der Waals surface area contributed by atoms with Crippen molar-refractivity contribution in [2.45, 2.75) is 44.9 Å². The number of nitrogens with zero attached hydrogens (tertiary/aromatic N) is 3. The topological polar surface area (TPSA) is 169 Å². The van der Waals surface area contributed by atoms with E-state index in [1.54, 1.807) is 26.1 Å².